The summed E-state index contributed by atoms with van der Waals surface area (Å²) in [6.45, 7) is 6.42. The van der Waals surface area contributed by atoms with Crippen LogP contribution in [0.25, 0.3) is 0 Å². The first kappa shape index (κ1) is 20.8. The Balaban J connectivity index is 1.86. The summed E-state index contributed by atoms with van der Waals surface area (Å²) in [5.41, 5.74) is 5.59. The zero-order valence-electron chi connectivity index (χ0n) is 17.0. The largest absolute Gasteiger partial charge is 0.326 e. The number of aliphatic imine (C=N–C) groups is 1. The van der Waals surface area contributed by atoms with E-state index in [-0.39, 0.29) is 5.91 Å². The molecule has 6 nitrogen and oxygen atoms in total. The monoisotopic (exact) mass is 453 g/mol. The molecule has 1 aromatic heterocycles. The molecular formula is C22H24BrN5O. The third-order valence-electron chi connectivity index (χ3n) is 4.69. The molecule has 0 fully saturated rings. The summed E-state index contributed by atoms with van der Waals surface area (Å²) in [6, 6.07) is 15.2. The van der Waals surface area contributed by atoms with Crippen LogP contribution in [-0.4, -0.2) is 21.6 Å². The highest BCUT2D eigenvalue weighted by Crippen LogP contribution is 2.15. The number of nitrogens with zero attached hydrogens (tertiary/aromatic N) is 3. The molecule has 3 rings (SSSR count). The third kappa shape index (κ3) is 5.32. The molecule has 0 radical (unpaired) electrons. The Morgan fingerprint density at radius 1 is 1.14 bits per heavy atom. The van der Waals surface area contributed by atoms with Gasteiger partial charge in [-0.3, -0.25) is 14.8 Å². The quantitative estimate of drug-likeness (QED) is 0.450. The summed E-state index contributed by atoms with van der Waals surface area (Å²) in [7, 11) is 1.91. The molecule has 0 bridgehead atoms. The second-order valence-electron chi connectivity index (χ2n) is 6.89. The summed E-state index contributed by atoms with van der Waals surface area (Å²) >= 11 is 3.40. The van der Waals surface area contributed by atoms with E-state index in [1.54, 1.807) is 12.1 Å². The molecule has 0 unspecified atom stereocenters. The number of amides is 1. The molecule has 0 spiro atoms. The Morgan fingerprint density at radius 2 is 1.86 bits per heavy atom. The maximum atomic E-state index is 12.7. The van der Waals surface area contributed by atoms with Crippen LogP contribution in [0.1, 0.15) is 32.9 Å². The number of rotatable bonds is 4. The molecule has 29 heavy (non-hydrogen) atoms. The lowest BCUT2D eigenvalue weighted by Gasteiger charge is -2.12. The number of anilines is 1. The molecule has 0 saturated carbocycles. The fraction of sp³-hybridized carbons (Fsp3) is 0.227. The van der Waals surface area contributed by atoms with Crippen LogP contribution >= 0.6 is 15.9 Å². The van der Waals surface area contributed by atoms with Crippen molar-refractivity contribution < 1.29 is 4.79 Å². The maximum absolute atomic E-state index is 12.7. The first-order valence-electron chi connectivity index (χ1n) is 9.27. The van der Waals surface area contributed by atoms with Gasteiger partial charge in [0.1, 0.15) is 0 Å². The highest BCUT2D eigenvalue weighted by molar-refractivity contribution is 9.10. The van der Waals surface area contributed by atoms with Gasteiger partial charge in [-0.15, -0.1) is 0 Å². The van der Waals surface area contributed by atoms with Gasteiger partial charge in [-0.25, -0.2) is 4.99 Å². The molecule has 1 amide bonds. The van der Waals surface area contributed by atoms with Crippen molar-refractivity contribution in [3.63, 3.8) is 0 Å². The predicted molar refractivity (Wildman–Crippen MR) is 120 cm³/mol. The average molecular weight is 454 g/mol. The van der Waals surface area contributed by atoms with Crippen LogP contribution in [-0.2, 0) is 13.6 Å². The van der Waals surface area contributed by atoms with Gasteiger partial charge in [-0.1, -0.05) is 39.7 Å². The van der Waals surface area contributed by atoms with Crippen molar-refractivity contribution in [2.75, 3.05) is 5.32 Å². The number of hydrogen-bond donors (Lipinski definition) is 2. The standard InChI is InChI=1S/C22H24BrN5O/c1-14-8-10-19(11-9-14)25-22(24-13-20-15(2)27-28(4)16(20)3)26-21(29)17-6-5-7-18(23)12-17/h5-12H,13H2,1-4H3,(H2,24,25,26,29). The minimum absolute atomic E-state index is 0.232. The van der Waals surface area contributed by atoms with Crippen LogP contribution in [0.15, 0.2) is 58.0 Å². The molecule has 0 aliphatic heterocycles. The van der Waals surface area contributed by atoms with Crippen molar-refractivity contribution in [1.29, 1.82) is 0 Å². The minimum Gasteiger partial charge on any atom is -0.326 e. The summed E-state index contributed by atoms with van der Waals surface area (Å²) in [6.07, 6.45) is 0. The van der Waals surface area contributed by atoms with E-state index in [2.05, 4.69) is 36.7 Å². The van der Waals surface area contributed by atoms with Crippen molar-refractivity contribution in [3.05, 3.63) is 81.1 Å². The van der Waals surface area contributed by atoms with Crippen molar-refractivity contribution in [3.8, 4) is 0 Å². The molecule has 3 aromatic rings. The van der Waals surface area contributed by atoms with Gasteiger partial charge in [-0.05, 0) is 51.1 Å². The normalized spacial score (nSPS) is 11.4. The second kappa shape index (κ2) is 9.05. The average Bonchev–Trinajstić information content (AvgIpc) is 2.93. The Bertz CT molecular complexity index is 1050. The highest BCUT2D eigenvalue weighted by Gasteiger charge is 2.12. The van der Waals surface area contributed by atoms with Crippen LogP contribution in [0.5, 0.6) is 0 Å². The van der Waals surface area contributed by atoms with Gasteiger partial charge < -0.3 is 5.32 Å². The van der Waals surface area contributed by atoms with Gasteiger partial charge >= 0.3 is 0 Å². The molecule has 0 saturated heterocycles. The molecule has 1 heterocycles. The molecule has 0 aliphatic rings. The second-order valence-corrected chi connectivity index (χ2v) is 7.81. The number of carbonyl (C=O) groups is 1. The molecule has 2 aromatic carbocycles. The van der Waals surface area contributed by atoms with E-state index < -0.39 is 0 Å². The SMILES string of the molecule is Cc1ccc(NC(=NCc2c(C)nn(C)c2C)NC(=O)c2cccc(Br)c2)cc1. The fourth-order valence-corrected chi connectivity index (χ4v) is 3.30. The van der Waals surface area contributed by atoms with E-state index in [1.165, 1.54) is 0 Å². The molecule has 2 N–H and O–H groups in total. The third-order valence-corrected chi connectivity index (χ3v) is 5.18. The predicted octanol–water partition coefficient (Wildman–Crippen LogP) is 4.51. The van der Waals surface area contributed by atoms with Gasteiger partial charge in [0.15, 0.2) is 0 Å². The fourth-order valence-electron chi connectivity index (χ4n) is 2.90. The van der Waals surface area contributed by atoms with E-state index in [0.29, 0.717) is 18.1 Å². The number of halogens is 1. The number of hydrogen-bond acceptors (Lipinski definition) is 3. The summed E-state index contributed by atoms with van der Waals surface area (Å²) in [4.78, 5) is 17.4. The number of aryl methyl sites for hydroxylation is 3. The lowest BCUT2D eigenvalue weighted by Crippen LogP contribution is -2.36. The number of nitrogens with one attached hydrogen (secondary N) is 2. The Kier molecular flexibility index (Phi) is 6.49. The van der Waals surface area contributed by atoms with Crippen molar-refractivity contribution in [2.24, 2.45) is 12.0 Å². The molecule has 0 aliphatic carbocycles. The summed E-state index contributed by atoms with van der Waals surface area (Å²) in [5, 5.41) is 10.5. The molecule has 0 atom stereocenters. The molecular weight excluding hydrogens is 430 g/mol. The van der Waals surface area contributed by atoms with Gasteiger partial charge in [0.25, 0.3) is 5.91 Å². The summed E-state index contributed by atoms with van der Waals surface area (Å²) < 4.78 is 2.68. The van der Waals surface area contributed by atoms with Crippen LogP contribution < -0.4 is 10.6 Å². The van der Waals surface area contributed by atoms with Crippen molar-refractivity contribution >= 4 is 33.5 Å². The van der Waals surface area contributed by atoms with Gasteiger partial charge in [0.05, 0.1) is 12.2 Å². The lowest BCUT2D eigenvalue weighted by atomic mass is 10.2. The van der Waals surface area contributed by atoms with Crippen molar-refractivity contribution in [1.82, 2.24) is 15.1 Å². The van der Waals surface area contributed by atoms with Gasteiger partial charge in [-0.2, -0.15) is 5.10 Å². The molecule has 7 heteroatoms. The number of benzene rings is 2. The maximum Gasteiger partial charge on any atom is 0.257 e. The minimum atomic E-state index is -0.232. The zero-order valence-corrected chi connectivity index (χ0v) is 18.5. The van der Waals surface area contributed by atoms with Crippen molar-refractivity contribution in [2.45, 2.75) is 27.3 Å². The van der Waals surface area contributed by atoms with Crippen LogP contribution in [0.3, 0.4) is 0 Å². The van der Waals surface area contributed by atoms with E-state index in [0.717, 1.165) is 32.7 Å². The van der Waals surface area contributed by atoms with Crippen LogP contribution in [0.2, 0.25) is 0 Å². The first-order valence-corrected chi connectivity index (χ1v) is 10.1. The number of guanidine groups is 1. The lowest BCUT2D eigenvalue weighted by molar-refractivity contribution is 0.0977. The van der Waals surface area contributed by atoms with E-state index >= 15 is 0 Å². The van der Waals surface area contributed by atoms with Gasteiger partial charge in [0, 0.05) is 34.0 Å². The highest BCUT2D eigenvalue weighted by atomic mass is 79.9. The smallest absolute Gasteiger partial charge is 0.257 e. The van der Waals surface area contributed by atoms with E-state index in [1.807, 2.05) is 68.9 Å². The Morgan fingerprint density at radius 3 is 2.48 bits per heavy atom. The zero-order chi connectivity index (χ0) is 21.0. The van der Waals surface area contributed by atoms with Gasteiger partial charge in [0.2, 0.25) is 5.96 Å². The Labute approximate surface area is 179 Å². The number of aromatic nitrogens is 2. The van der Waals surface area contributed by atoms with Crippen LogP contribution in [0.4, 0.5) is 5.69 Å². The number of carbonyl (C=O) groups excluding carboxylic acids is 1. The van der Waals surface area contributed by atoms with E-state index in [9.17, 15) is 4.79 Å². The summed E-state index contributed by atoms with van der Waals surface area (Å²) in [5.74, 6) is 0.158. The first-order chi connectivity index (χ1) is 13.8. The molecule has 150 valence electrons. The topological polar surface area (TPSA) is 71.3 Å². The van der Waals surface area contributed by atoms with Crippen LogP contribution in [0, 0.1) is 20.8 Å². The van der Waals surface area contributed by atoms with E-state index in [4.69, 9.17) is 0 Å². The Hall–Kier alpha value is -2.93.